The first-order valence-corrected chi connectivity index (χ1v) is 9.24. The van der Waals surface area contributed by atoms with Crippen molar-refractivity contribution in [3.63, 3.8) is 0 Å². The second-order valence-corrected chi connectivity index (χ2v) is 5.70. The van der Waals surface area contributed by atoms with Gasteiger partial charge >= 0.3 is 5.97 Å². The van der Waals surface area contributed by atoms with E-state index in [0.717, 1.165) is 57.8 Å². The average Bonchev–Trinajstić information content (AvgIpc) is 2.56. The molecule has 24 heavy (non-hydrogen) atoms. The summed E-state index contributed by atoms with van der Waals surface area (Å²) in [7, 11) is 0. The summed E-state index contributed by atoms with van der Waals surface area (Å²) in [5.41, 5.74) is 0. The van der Waals surface area contributed by atoms with Gasteiger partial charge in [0.05, 0.1) is 0 Å². The largest absolute Gasteiger partial charge is 0.481 e. The molecule has 0 amide bonds. The molecule has 134 valence electrons. The second-order valence-electron chi connectivity index (χ2n) is 5.70. The number of allylic oxidation sites excluding steroid dienone is 10. The molecule has 0 saturated heterocycles. The summed E-state index contributed by atoms with van der Waals surface area (Å²) in [6.45, 7) is 2.15. The third kappa shape index (κ3) is 20.2. The lowest BCUT2D eigenvalue weighted by molar-refractivity contribution is -0.137. The van der Waals surface area contributed by atoms with Gasteiger partial charge in [-0.25, -0.2) is 0 Å². The Hall–Kier alpha value is -1.83. The number of rotatable bonds is 15. The normalized spacial score (nSPS) is 12.7. The van der Waals surface area contributed by atoms with Crippen molar-refractivity contribution >= 4 is 5.97 Å². The van der Waals surface area contributed by atoms with Gasteiger partial charge in [0.1, 0.15) is 0 Å². The van der Waals surface area contributed by atoms with Crippen LogP contribution in [0.15, 0.2) is 60.8 Å². The van der Waals surface area contributed by atoms with Gasteiger partial charge in [0.15, 0.2) is 0 Å². The predicted molar refractivity (Wildman–Crippen MR) is 105 cm³/mol. The number of carbonyl (C=O) groups is 1. The number of carboxylic acid groups (broad SMARTS) is 1. The minimum Gasteiger partial charge on any atom is -0.481 e. The highest BCUT2D eigenvalue weighted by molar-refractivity contribution is 5.66. The molecule has 1 N–H and O–H groups in total. The summed E-state index contributed by atoms with van der Waals surface area (Å²) >= 11 is 0. The molecule has 0 aromatic rings. The number of hydrogen-bond acceptors (Lipinski definition) is 1. The van der Waals surface area contributed by atoms with Crippen LogP contribution in [0.1, 0.15) is 71.1 Å². The molecule has 0 aromatic carbocycles. The third-order valence-corrected chi connectivity index (χ3v) is 3.42. The lowest BCUT2D eigenvalue weighted by atomic mass is 10.1. The van der Waals surface area contributed by atoms with Crippen molar-refractivity contribution in [1.29, 1.82) is 0 Å². The van der Waals surface area contributed by atoms with Crippen LogP contribution in [0, 0.1) is 0 Å². The lowest BCUT2D eigenvalue weighted by Crippen LogP contribution is -1.93. The van der Waals surface area contributed by atoms with E-state index in [2.05, 4.69) is 67.7 Å². The zero-order valence-corrected chi connectivity index (χ0v) is 15.2. The molecule has 0 aliphatic carbocycles. The van der Waals surface area contributed by atoms with Crippen LogP contribution in [0.5, 0.6) is 0 Å². The zero-order valence-electron chi connectivity index (χ0n) is 15.2. The Balaban J connectivity index is 3.42. The quantitative estimate of drug-likeness (QED) is 0.265. The monoisotopic (exact) mass is 330 g/mol. The van der Waals surface area contributed by atoms with Crippen LogP contribution in [0.4, 0.5) is 0 Å². The number of unbranched alkanes of at least 4 members (excludes halogenated alkanes) is 3. The fraction of sp³-hybridized carbons (Fsp3) is 0.500. The lowest BCUT2D eigenvalue weighted by Gasteiger charge is -1.94. The minimum atomic E-state index is -0.690. The van der Waals surface area contributed by atoms with E-state index in [4.69, 9.17) is 5.11 Å². The highest BCUT2D eigenvalue weighted by atomic mass is 16.4. The molecule has 0 bridgehead atoms. The molecule has 0 heterocycles. The summed E-state index contributed by atoms with van der Waals surface area (Å²) in [5.74, 6) is -0.690. The van der Waals surface area contributed by atoms with Gasteiger partial charge in [-0.15, -0.1) is 0 Å². The molecule has 0 radical (unpaired) electrons. The highest BCUT2D eigenvalue weighted by Gasteiger charge is 1.94. The summed E-state index contributed by atoms with van der Waals surface area (Å²) in [5, 5.41) is 8.52. The molecular weight excluding hydrogens is 296 g/mol. The van der Waals surface area contributed by atoms with Crippen molar-refractivity contribution in [3.8, 4) is 0 Å². The summed E-state index contributed by atoms with van der Waals surface area (Å²) in [6, 6.07) is 0. The number of hydrogen-bond donors (Lipinski definition) is 1. The van der Waals surface area contributed by atoms with Gasteiger partial charge in [0.2, 0.25) is 0 Å². The SMILES string of the molecule is CC/C=C/C/C=C/C/C=C\C/C=C/C/C=C/CCCCCC(=O)O. The third-order valence-electron chi connectivity index (χ3n) is 3.42. The van der Waals surface area contributed by atoms with Crippen LogP contribution < -0.4 is 0 Å². The topological polar surface area (TPSA) is 37.3 Å². The summed E-state index contributed by atoms with van der Waals surface area (Å²) in [6.07, 6.45) is 31.3. The smallest absolute Gasteiger partial charge is 0.303 e. The van der Waals surface area contributed by atoms with Crippen LogP contribution in [0.3, 0.4) is 0 Å². The first kappa shape index (κ1) is 22.2. The van der Waals surface area contributed by atoms with E-state index >= 15 is 0 Å². The van der Waals surface area contributed by atoms with Gasteiger partial charge in [0.25, 0.3) is 0 Å². The maximum atomic E-state index is 10.3. The Bertz CT molecular complexity index is 425. The van der Waals surface area contributed by atoms with Crippen molar-refractivity contribution < 1.29 is 9.90 Å². The molecule has 2 heteroatoms. The highest BCUT2D eigenvalue weighted by Crippen LogP contribution is 2.04. The van der Waals surface area contributed by atoms with Crippen LogP contribution in [0.2, 0.25) is 0 Å². The Morgan fingerprint density at radius 2 is 1.12 bits per heavy atom. The Labute approximate surface area is 148 Å². The van der Waals surface area contributed by atoms with Crippen molar-refractivity contribution in [2.45, 2.75) is 71.1 Å². The van der Waals surface area contributed by atoms with E-state index in [-0.39, 0.29) is 0 Å². The fourth-order valence-corrected chi connectivity index (χ4v) is 2.08. The molecule has 2 nitrogen and oxygen atoms in total. The van der Waals surface area contributed by atoms with Crippen LogP contribution in [-0.2, 0) is 4.79 Å². The maximum Gasteiger partial charge on any atom is 0.303 e. The van der Waals surface area contributed by atoms with Gasteiger partial charge < -0.3 is 5.11 Å². The molecule has 0 aliphatic rings. The molecule has 0 aliphatic heterocycles. The Kier molecular flexibility index (Phi) is 17.8. The van der Waals surface area contributed by atoms with Crippen molar-refractivity contribution in [2.24, 2.45) is 0 Å². The molecule has 0 saturated carbocycles. The van der Waals surface area contributed by atoms with E-state index in [0.29, 0.717) is 6.42 Å². The molecule has 0 fully saturated rings. The van der Waals surface area contributed by atoms with E-state index < -0.39 is 5.97 Å². The minimum absolute atomic E-state index is 0.297. The summed E-state index contributed by atoms with van der Waals surface area (Å²) < 4.78 is 0. The molecule has 0 rings (SSSR count). The van der Waals surface area contributed by atoms with Gasteiger partial charge in [0, 0.05) is 6.42 Å². The Morgan fingerprint density at radius 3 is 1.58 bits per heavy atom. The number of aliphatic carboxylic acids is 1. The van der Waals surface area contributed by atoms with Crippen molar-refractivity contribution in [3.05, 3.63) is 60.8 Å². The van der Waals surface area contributed by atoms with Gasteiger partial charge in [-0.2, -0.15) is 0 Å². The standard InChI is InChI=1S/C22H34O2/c1-2-3-4-5-6-7-8-9-10-11-12-13-14-15-16-17-18-19-20-21-22(23)24/h3-4,6-7,9-10,12-13,15-16H,2,5,8,11,14,17-21H2,1H3,(H,23,24)/b4-3+,7-6+,10-9-,13-12+,16-15+. The predicted octanol–water partition coefficient (Wildman–Crippen LogP) is 6.77. The van der Waals surface area contributed by atoms with Gasteiger partial charge in [-0.3, -0.25) is 4.79 Å². The molecule has 0 aromatic heterocycles. The van der Waals surface area contributed by atoms with E-state index in [1.54, 1.807) is 0 Å². The van der Waals surface area contributed by atoms with Crippen molar-refractivity contribution in [2.75, 3.05) is 0 Å². The summed E-state index contributed by atoms with van der Waals surface area (Å²) in [4.78, 5) is 10.3. The molecular formula is C22H34O2. The van der Waals surface area contributed by atoms with Crippen LogP contribution in [-0.4, -0.2) is 11.1 Å². The van der Waals surface area contributed by atoms with Crippen molar-refractivity contribution in [1.82, 2.24) is 0 Å². The second kappa shape index (κ2) is 19.2. The Morgan fingerprint density at radius 1 is 0.667 bits per heavy atom. The molecule has 0 atom stereocenters. The zero-order chi connectivity index (χ0) is 17.7. The molecule has 0 spiro atoms. The van der Waals surface area contributed by atoms with Crippen LogP contribution in [0.25, 0.3) is 0 Å². The van der Waals surface area contributed by atoms with E-state index in [1.807, 2.05) is 0 Å². The van der Waals surface area contributed by atoms with E-state index in [9.17, 15) is 4.79 Å². The first-order valence-electron chi connectivity index (χ1n) is 9.24. The first-order chi connectivity index (χ1) is 11.8. The average molecular weight is 331 g/mol. The molecule has 0 unspecified atom stereocenters. The maximum absolute atomic E-state index is 10.3. The van der Waals surface area contributed by atoms with Gasteiger partial charge in [-0.1, -0.05) is 74.1 Å². The fourth-order valence-electron chi connectivity index (χ4n) is 2.08. The van der Waals surface area contributed by atoms with E-state index in [1.165, 1.54) is 0 Å². The van der Waals surface area contributed by atoms with Crippen LogP contribution >= 0.6 is 0 Å². The van der Waals surface area contributed by atoms with Gasteiger partial charge in [-0.05, 0) is 51.4 Å². The number of carboxylic acids is 1.